The standard InChI is InChI=1S/C6H6BrN3O/c1-8-6(11)5-9-2-4(7)3-10-5/h2-3H,1H3,(H,8,11). The van der Waals surface area contributed by atoms with E-state index in [2.05, 4.69) is 31.2 Å². The van der Waals surface area contributed by atoms with Crippen molar-refractivity contribution in [2.45, 2.75) is 0 Å². The summed E-state index contributed by atoms with van der Waals surface area (Å²) in [7, 11) is 1.54. The number of carbonyl (C=O) groups is 1. The van der Waals surface area contributed by atoms with Gasteiger partial charge in [0.15, 0.2) is 0 Å². The second kappa shape index (κ2) is 3.43. The average molecular weight is 216 g/mol. The molecule has 58 valence electrons. The minimum Gasteiger partial charge on any atom is -0.352 e. The van der Waals surface area contributed by atoms with Crippen molar-refractivity contribution in [3.05, 3.63) is 22.7 Å². The summed E-state index contributed by atoms with van der Waals surface area (Å²) in [5.74, 6) is -0.104. The lowest BCUT2D eigenvalue weighted by Crippen LogP contribution is -2.20. The maximum atomic E-state index is 10.9. The van der Waals surface area contributed by atoms with Gasteiger partial charge in [-0.2, -0.15) is 0 Å². The zero-order valence-corrected chi connectivity index (χ0v) is 7.42. The summed E-state index contributed by atoms with van der Waals surface area (Å²) in [5.41, 5.74) is 0. The largest absolute Gasteiger partial charge is 0.352 e. The maximum absolute atomic E-state index is 10.9. The first kappa shape index (κ1) is 8.13. The Morgan fingerprint density at radius 3 is 2.55 bits per heavy atom. The van der Waals surface area contributed by atoms with Gasteiger partial charge in [0.05, 0.1) is 4.47 Å². The van der Waals surface area contributed by atoms with Gasteiger partial charge in [-0.15, -0.1) is 0 Å². The second-order valence-corrected chi connectivity index (χ2v) is 2.72. The molecule has 0 saturated heterocycles. The van der Waals surface area contributed by atoms with Crippen LogP contribution in [0.3, 0.4) is 0 Å². The molecular formula is C6H6BrN3O. The first-order valence-electron chi connectivity index (χ1n) is 2.93. The highest BCUT2D eigenvalue weighted by Gasteiger charge is 2.04. The van der Waals surface area contributed by atoms with Crippen LogP contribution in [0, 0.1) is 0 Å². The number of nitrogens with zero attached hydrogens (tertiary/aromatic N) is 2. The fourth-order valence-corrected chi connectivity index (χ4v) is 0.746. The molecule has 1 aromatic rings. The van der Waals surface area contributed by atoms with Gasteiger partial charge >= 0.3 is 0 Å². The van der Waals surface area contributed by atoms with Crippen molar-refractivity contribution in [3.8, 4) is 0 Å². The molecule has 0 aliphatic rings. The number of amides is 1. The molecule has 0 unspecified atom stereocenters. The van der Waals surface area contributed by atoms with Crippen LogP contribution in [0.5, 0.6) is 0 Å². The fraction of sp³-hybridized carbons (Fsp3) is 0.167. The van der Waals surface area contributed by atoms with Gasteiger partial charge in [-0.25, -0.2) is 9.97 Å². The van der Waals surface area contributed by atoms with Crippen molar-refractivity contribution in [1.29, 1.82) is 0 Å². The smallest absolute Gasteiger partial charge is 0.288 e. The van der Waals surface area contributed by atoms with Crippen LogP contribution in [-0.4, -0.2) is 22.9 Å². The summed E-state index contributed by atoms with van der Waals surface area (Å²) in [6, 6.07) is 0. The van der Waals surface area contributed by atoms with Gasteiger partial charge in [-0.1, -0.05) is 0 Å². The lowest BCUT2D eigenvalue weighted by Gasteiger charge is -1.95. The van der Waals surface area contributed by atoms with E-state index in [1.165, 1.54) is 19.4 Å². The molecule has 4 nitrogen and oxygen atoms in total. The van der Waals surface area contributed by atoms with Crippen LogP contribution in [0.4, 0.5) is 0 Å². The molecule has 0 radical (unpaired) electrons. The molecule has 0 aromatic carbocycles. The molecule has 5 heteroatoms. The van der Waals surface area contributed by atoms with Crippen molar-refractivity contribution in [3.63, 3.8) is 0 Å². The summed E-state index contributed by atoms with van der Waals surface area (Å²) in [5, 5.41) is 2.42. The Kier molecular flexibility index (Phi) is 2.53. The molecule has 1 amide bonds. The van der Waals surface area contributed by atoms with Gasteiger partial charge < -0.3 is 5.32 Å². The van der Waals surface area contributed by atoms with Gasteiger partial charge in [0.2, 0.25) is 5.82 Å². The highest BCUT2D eigenvalue weighted by Crippen LogP contribution is 2.03. The van der Waals surface area contributed by atoms with E-state index in [4.69, 9.17) is 0 Å². The van der Waals surface area contributed by atoms with Crippen LogP contribution in [0.2, 0.25) is 0 Å². The lowest BCUT2D eigenvalue weighted by molar-refractivity contribution is 0.0952. The number of nitrogens with one attached hydrogen (secondary N) is 1. The Labute approximate surface area is 72.2 Å². The quantitative estimate of drug-likeness (QED) is 0.747. The molecule has 0 fully saturated rings. The third-order valence-corrected chi connectivity index (χ3v) is 1.46. The Morgan fingerprint density at radius 1 is 1.55 bits per heavy atom. The topological polar surface area (TPSA) is 54.9 Å². The van der Waals surface area contributed by atoms with E-state index in [0.29, 0.717) is 0 Å². The average Bonchev–Trinajstić information content (AvgIpc) is 2.05. The van der Waals surface area contributed by atoms with Crippen LogP contribution in [0.25, 0.3) is 0 Å². The van der Waals surface area contributed by atoms with Gasteiger partial charge in [0.25, 0.3) is 5.91 Å². The highest BCUT2D eigenvalue weighted by molar-refractivity contribution is 9.10. The summed E-state index contributed by atoms with van der Waals surface area (Å²) in [4.78, 5) is 18.4. The summed E-state index contributed by atoms with van der Waals surface area (Å²) >= 11 is 3.16. The normalized spacial score (nSPS) is 9.27. The first-order chi connectivity index (χ1) is 5.24. The number of aromatic nitrogens is 2. The van der Waals surface area contributed by atoms with E-state index in [0.717, 1.165) is 4.47 Å². The van der Waals surface area contributed by atoms with E-state index in [1.54, 1.807) is 0 Å². The zero-order valence-electron chi connectivity index (χ0n) is 5.84. The van der Waals surface area contributed by atoms with Crippen molar-refractivity contribution in [2.24, 2.45) is 0 Å². The molecule has 11 heavy (non-hydrogen) atoms. The third kappa shape index (κ3) is 1.98. The molecular weight excluding hydrogens is 210 g/mol. The highest BCUT2D eigenvalue weighted by atomic mass is 79.9. The fourth-order valence-electron chi connectivity index (χ4n) is 0.541. The zero-order chi connectivity index (χ0) is 8.27. The van der Waals surface area contributed by atoms with Gasteiger partial charge in [-0.3, -0.25) is 4.79 Å². The lowest BCUT2D eigenvalue weighted by atomic mass is 10.5. The van der Waals surface area contributed by atoms with Crippen LogP contribution in [0.1, 0.15) is 10.6 Å². The Bertz CT molecular complexity index is 259. The van der Waals surface area contributed by atoms with E-state index in [9.17, 15) is 4.79 Å². The second-order valence-electron chi connectivity index (χ2n) is 1.80. The summed E-state index contributed by atoms with van der Waals surface area (Å²) < 4.78 is 0.755. The first-order valence-corrected chi connectivity index (χ1v) is 3.73. The van der Waals surface area contributed by atoms with Crippen LogP contribution in [0.15, 0.2) is 16.9 Å². The van der Waals surface area contributed by atoms with Gasteiger partial charge in [0, 0.05) is 19.4 Å². The minimum atomic E-state index is -0.280. The molecule has 1 heterocycles. The Balaban J connectivity index is 2.90. The van der Waals surface area contributed by atoms with E-state index in [-0.39, 0.29) is 11.7 Å². The number of halogens is 1. The molecule has 0 aliphatic heterocycles. The maximum Gasteiger partial charge on any atom is 0.288 e. The van der Waals surface area contributed by atoms with Gasteiger partial charge in [-0.05, 0) is 15.9 Å². The summed E-state index contributed by atoms with van der Waals surface area (Å²) in [6.07, 6.45) is 3.05. The van der Waals surface area contributed by atoms with E-state index < -0.39 is 0 Å². The van der Waals surface area contributed by atoms with Gasteiger partial charge in [0.1, 0.15) is 0 Å². The molecule has 1 aromatic heterocycles. The van der Waals surface area contributed by atoms with Crippen molar-refractivity contribution < 1.29 is 4.79 Å². The number of rotatable bonds is 1. The van der Waals surface area contributed by atoms with Crippen molar-refractivity contribution in [2.75, 3.05) is 7.05 Å². The molecule has 0 spiro atoms. The monoisotopic (exact) mass is 215 g/mol. The number of carbonyl (C=O) groups excluding carboxylic acids is 1. The molecule has 0 atom stereocenters. The van der Waals surface area contributed by atoms with E-state index in [1.807, 2.05) is 0 Å². The van der Waals surface area contributed by atoms with Crippen molar-refractivity contribution >= 4 is 21.8 Å². The van der Waals surface area contributed by atoms with Crippen LogP contribution < -0.4 is 5.32 Å². The predicted octanol–water partition coefficient (Wildman–Crippen LogP) is 0.599. The minimum absolute atomic E-state index is 0.177. The molecule has 1 N–H and O–H groups in total. The Hall–Kier alpha value is -0.970. The predicted molar refractivity (Wildman–Crippen MR) is 43.1 cm³/mol. The number of hydrogen-bond donors (Lipinski definition) is 1. The Morgan fingerprint density at radius 2 is 2.09 bits per heavy atom. The molecule has 0 bridgehead atoms. The van der Waals surface area contributed by atoms with Crippen LogP contribution >= 0.6 is 15.9 Å². The molecule has 1 rings (SSSR count). The van der Waals surface area contributed by atoms with Crippen LogP contribution in [-0.2, 0) is 0 Å². The molecule has 0 aliphatic carbocycles. The number of hydrogen-bond acceptors (Lipinski definition) is 3. The SMILES string of the molecule is CNC(=O)c1ncc(Br)cn1. The molecule has 0 saturated carbocycles. The van der Waals surface area contributed by atoms with E-state index >= 15 is 0 Å². The third-order valence-electron chi connectivity index (χ3n) is 1.05. The van der Waals surface area contributed by atoms with Crippen molar-refractivity contribution in [1.82, 2.24) is 15.3 Å². The summed E-state index contributed by atoms with van der Waals surface area (Å²) in [6.45, 7) is 0.